The normalized spacial score (nSPS) is 12.3. The summed E-state index contributed by atoms with van der Waals surface area (Å²) in [4.78, 5) is 11.1. The SMILES string of the molecule is CCOC(=O)CCCCc1cc(C(F)(F)F)cc(C(F)(F)F)c1. The molecular weight excluding hydrogens is 326 g/mol. The van der Waals surface area contributed by atoms with Crippen LogP contribution < -0.4 is 0 Å². The van der Waals surface area contributed by atoms with Crippen molar-refractivity contribution in [3.8, 4) is 0 Å². The molecule has 0 spiro atoms. The minimum atomic E-state index is -4.85. The Hall–Kier alpha value is -1.73. The third-order valence-corrected chi connectivity index (χ3v) is 3.05. The van der Waals surface area contributed by atoms with Gasteiger partial charge in [-0.25, -0.2) is 0 Å². The largest absolute Gasteiger partial charge is 0.466 e. The highest BCUT2D eigenvalue weighted by Crippen LogP contribution is 2.36. The molecule has 0 saturated heterocycles. The van der Waals surface area contributed by atoms with Crippen LogP contribution in [0.3, 0.4) is 0 Å². The average molecular weight is 342 g/mol. The third kappa shape index (κ3) is 6.50. The van der Waals surface area contributed by atoms with Crippen LogP contribution in [-0.2, 0) is 28.3 Å². The molecule has 0 atom stereocenters. The number of carbonyl (C=O) groups is 1. The minimum Gasteiger partial charge on any atom is -0.466 e. The van der Waals surface area contributed by atoms with E-state index in [9.17, 15) is 31.1 Å². The van der Waals surface area contributed by atoms with Gasteiger partial charge in [0.25, 0.3) is 0 Å². The van der Waals surface area contributed by atoms with E-state index in [-0.39, 0.29) is 37.5 Å². The lowest BCUT2D eigenvalue weighted by molar-refractivity contribution is -0.144. The van der Waals surface area contributed by atoms with Crippen LogP contribution in [0.2, 0.25) is 0 Å². The van der Waals surface area contributed by atoms with E-state index in [0.717, 1.165) is 0 Å². The number of hydrogen-bond acceptors (Lipinski definition) is 2. The van der Waals surface area contributed by atoms with E-state index in [0.29, 0.717) is 18.6 Å². The fraction of sp³-hybridized carbons (Fsp3) is 0.533. The van der Waals surface area contributed by atoms with Crippen LogP contribution in [0.1, 0.15) is 42.9 Å². The van der Waals surface area contributed by atoms with Crippen molar-refractivity contribution in [2.24, 2.45) is 0 Å². The zero-order valence-corrected chi connectivity index (χ0v) is 12.4. The van der Waals surface area contributed by atoms with Crippen LogP contribution in [-0.4, -0.2) is 12.6 Å². The van der Waals surface area contributed by atoms with Crippen molar-refractivity contribution in [1.29, 1.82) is 0 Å². The molecule has 0 unspecified atom stereocenters. The highest BCUT2D eigenvalue weighted by Gasteiger charge is 2.36. The molecule has 8 heteroatoms. The summed E-state index contributed by atoms with van der Waals surface area (Å²) >= 11 is 0. The van der Waals surface area contributed by atoms with Crippen LogP contribution in [0, 0.1) is 0 Å². The molecule has 0 fully saturated rings. The maximum absolute atomic E-state index is 12.7. The molecule has 0 bridgehead atoms. The van der Waals surface area contributed by atoms with Gasteiger partial charge in [-0.15, -0.1) is 0 Å². The molecule has 0 amide bonds. The van der Waals surface area contributed by atoms with E-state index < -0.39 is 29.4 Å². The first kappa shape index (κ1) is 19.3. The Morgan fingerprint density at radius 1 is 0.957 bits per heavy atom. The smallest absolute Gasteiger partial charge is 0.416 e. The van der Waals surface area contributed by atoms with Crippen molar-refractivity contribution in [3.05, 3.63) is 34.9 Å². The van der Waals surface area contributed by atoms with Crippen molar-refractivity contribution in [3.63, 3.8) is 0 Å². The first-order valence-corrected chi connectivity index (χ1v) is 6.98. The van der Waals surface area contributed by atoms with Gasteiger partial charge in [-0.05, 0) is 49.9 Å². The quantitative estimate of drug-likeness (QED) is 0.413. The fourth-order valence-electron chi connectivity index (χ4n) is 2.00. The number of halogens is 6. The summed E-state index contributed by atoms with van der Waals surface area (Å²) in [5.41, 5.74) is -2.71. The van der Waals surface area contributed by atoms with E-state index in [4.69, 9.17) is 0 Å². The van der Waals surface area contributed by atoms with Gasteiger partial charge in [0.05, 0.1) is 17.7 Å². The number of rotatable bonds is 6. The number of aryl methyl sites for hydroxylation is 1. The van der Waals surface area contributed by atoms with E-state index >= 15 is 0 Å². The Balaban J connectivity index is 2.80. The third-order valence-electron chi connectivity index (χ3n) is 3.05. The summed E-state index contributed by atoms with van der Waals surface area (Å²) in [6.07, 6.45) is -8.97. The van der Waals surface area contributed by atoms with Crippen molar-refractivity contribution in [2.45, 2.75) is 45.0 Å². The molecule has 0 aliphatic heterocycles. The summed E-state index contributed by atoms with van der Waals surface area (Å²) in [7, 11) is 0. The number of alkyl halides is 6. The van der Waals surface area contributed by atoms with Crippen molar-refractivity contribution in [1.82, 2.24) is 0 Å². The molecule has 0 aromatic heterocycles. The second kappa shape index (κ2) is 7.70. The predicted octanol–water partition coefficient (Wildman–Crippen LogP) is 5.00. The van der Waals surface area contributed by atoms with Crippen molar-refractivity contribution >= 4 is 5.97 Å². The van der Waals surface area contributed by atoms with Gasteiger partial charge in [0.1, 0.15) is 0 Å². The molecule has 0 heterocycles. The van der Waals surface area contributed by atoms with Gasteiger partial charge < -0.3 is 4.74 Å². The van der Waals surface area contributed by atoms with Crippen molar-refractivity contribution < 1.29 is 35.9 Å². The molecule has 1 rings (SSSR count). The Labute approximate surface area is 129 Å². The highest BCUT2D eigenvalue weighted by atomic mass is 19.4. The van der Waals surface area contributed by atoms with Gasteiger partial charge in [0.2, 0.25) is 0 Å². The van der Waals surface area contributed by atoms with Crippen LogP contribution in [0.25, 0.3) is 0 Å². The van der Waals surface area contributed by atoms with Gasteiger partial charge in [-0.1, -0.05) is 0 Å². The summed E-state index contributed by atoms with van der Waals surface area (Å²) in [6, 6.07) is 1.52. The Morgan fingerprint density at radius 2 is 1.48 bits per heavy atom. The lowest BCUT2D eigenvalue weighted by atomic mass is 10.0. The van der Waals surface area contributed by atoms with Crippen molar-refractivity contribution in [2.75, 3.05) is 6.61 Å². The minimum absolute atomic E-state index is 0.0202. The number of hydrogen-bond donors (Lipinski definition) is 0. The van der Waals surface area contributed by atoms with Gasteiger partial charge in [0, 0.05) is 6.42 Å². The number of unbranched alkanes of at least 4 members (excludes halogenated alkanes) is 1. The van der Waals surface area contributed by atoms with E-state index in [1.54, 1.807) is 6.92 Å². The fourth-order valence-corrected chi connectivity index (χ4v) is 2.00. The molecule has 0 saturated carbocycles. The number of benzene rings is 1. The molecule has 1 aromatic carbocycles. The molecule has 2 nitrogen and oxygen atoms in total. The first-order chi connectivity index (χ1) is 10.5. The maximum atomic E-state index is 12.7. The van der Waals surface area contributed by atoms with E-state index in [1.807, 2.05) is 0 Å². The summed E-state index contributed by atoms with van der Waals surface area (Å²) in [5, 5.41) is 0. The van der Waals surface area contributed by atoms with Gasteiger partial charge in [-0.3, -0.25) is 4.79 Å². The molecule has 0 aliphatic carbocycles. The monoisotopic (exact) mass is 342 g/mol. The Kier molecular flexibility index (Phi) is 6.47. The number of esters is 1. The summed E-state index contributed by atoms with van der Waals surface area (Å²) in [5.74, 6) is -0.437. The average Bonchev–Trinajstić information content (AvgIpc) is 2.42. The zero-order chi connectivity index (χ0) is 17.7. The molecule has 0 radical (unpaired) electrons. The second-order valence-corrected chi connectivity index (χ2v) is 4.93. The van der Waals surface area contributed by atoms with E-state index in [1.165, 1.54) is 0 Å². The molecule has 130 valence electrons. The second-order valence-electron chi connectivity index (χ2n) is 4.93. The number of carbonyl (C=O) groups excluding carboxylic acids is 1. The first-order valence-electron chi connectivity index (χ1n) is 6.98. The molecular formula is C15H16F6O2. The molecule has 0 aliphatic rings. The standard InChI is InChI=1S/C15H16F6O2/c1-2-23-13(22)6-4-3-5-10-7-11(14(16,17)18)9-12(8-10)15(19,20)21/h7-9H,2-6H2,1H3. The summed E-state index contributed by atoms with van der Waals surface area (Å²) < 4.78 is 80.8. The Morgan fingerprint density at radius 3 is 1.91 bits per heavy atom. The lowest BCUT2D eigenvalue weighted by Gasteiger charge is -2.14. The Bertz CT molecular complexity index is 501. The highest BCUT2D eigenvalue weighted by molar-refractivity contribution is 5.69. The van der Waals surface area contributed by atoms with Gasteiger partial charge in [-0.2, -0.15) is 26.3 Å². The topological polar surface area (TPSA) is 26.3 Å². The van der Waals surface area contributed by atoms with Gasteiger partial charge >= 0.3 is 18.3 Å². The van der Waals surface area contributed by atoms with Gasteiger partial charge in [0.15, 0.2) is 0 Å². The maximum Gasteiger partial charge on any atom is 0.416 e. The van der Waals surface area contributed by atoms with Crippen LogP contribution in [0.4, 0.5) is 26.3 Å². The molecule has 23 heavy (non-hydrogen) atoms. The lowest BCUT2D eigenvalue weighted by Crippen LogP contribution is -2.12. The zero-order valence-electron chi connectivity index (χ0n) is 12.4. The predicted molar refractivity (Wildman–Crippen MR) is 70.6 cm³/mol. The van der Waals surface area contributed by atoms with Crippen LogP contribution in [0.15, 0.2) is 18.2 Å². The molecule has 1 aromatic rings. The van der Waals surface area contributed by atoms with Crippen LogP contribution >= 0.6 is 0 Å². The summed E-state index contributed by atoms with van der Waals surface area (Å²) in [6.45, 7) is 1.86. The molecule has 0 N–H and O–H groups in total. The van der Waals surface area contributed by atoms with E-state index in [2.05, 4.69) is 4.74 Å². The van der Waals surface area contributed by atoms with Crippen LogP contribution in [0.5, 0.6) is 0 Å². The number of ether oxygens (including phenoxy) is 1.